The van der Waals surface area contributed by atoms with Gasteiger partial charge in [-0.2, -0.15) is 4.98 Å². The summed E-state index contributed by atoms with van der Waals surface area (Å²) in [6, 6.07) is 3.53. The van der Waals surface area contributed by atoms with E-state index in [0.717, 1.165) is 13.1 Å². The maximum atomic E-state index is 12.7. The highest BCUT2D eigenvalue weighted by molar-refractivity contribution is 5.94. The number of nitrogens with zero attached hydrogens (tertiary/aromatic N) is 4. The molecule has 24 heavy (non-hydrogen) atoms. The van der Waals surface area contributed by atoms with Crippen LogP contribution in [0.4, 0.5) is 0 Å². The number of carbonyl (C=O) groups is 1. The first-order valence-electron chi connectivity index (χ1n) is 8.27. The van der Waals surface area contributed by atoms with Crippen LogP contribution in [0.1, 0.15) is 22.1 Å². The Morgan fingerprint density at radius 2 is 2.12 bits per heavy atom. The summed E-state index contributed by atoms with van der Waals surface area (Å²) in [6.45, 7) is 4.71. The van der Waals surface area contributed by atoms with Gasteiger partial charge in [0.2, 0.25) is 5.89 Å². The number of hydrogen-bond acceptors (Lipinski definition) is 6. The Morgan fingerprint density at radius 3 is 2.88 bits per heavy atom. The third kappa shape index (κ3) is 2.91. The van der Waals surface area contributed by atoms with E-state index in [1.165, 1.54) is 0 Å². The van der Waals surface area contributed by atoms with Gasteiger partial charge in [0.25, 0.3) is 5.91 Å². The largest absolute Gasteiger partial charge is 0.381 e. The van der Waals surface area contributed by atoms with Crippen LogP contribution in [0.25, 0.3) is 0 Å². The van der Waals surface area contributed by atoms with Gasteiger partial charge in [-0.05, 0) is 30.9 Å². The molecule has 4 rings (SSSR count). The molecule has 2 aliphatic heterocycles. The molecule has 3 atom stereocenters. The molecule has 2 aromatic rings. The molecule has 0 bridgehead atoms. The van der Waals surface area contributed by atoms with E-state index in [2.05, 4.69) is 15.1 Å². The Bertz CT molecular complexity index is 718. The summed E-state index contributed by atoms with van der Waals surface area (Å²) < 4.78 is 11.0. The zero-order chi connectivity index (χ0) is 16.5. The first-order valence-corrected chi connectivity index (χ1v) is 8.27. The third-order valence-electron chi connectivity index (χ3n) is 4.98. The zero-order valence-corrected chi connectivity index (χ0v) is 13.6. The minimum Gasteiger partial charge on any atom is -0.381 e. The molecule has 2 saturated heterocycles. The van der Waals surface area contributed by atoms with E-state index in [1.54, 1.807) is 24.5 Å². The molecule has 7 nitrogen and oxygen atoms in total. The van der Waals surface area contributed by atoms with Gasteiger partial charge in [-0.1, -0.05) is 5.16 Å². The van der Waals surface area contributed by atoms with Crippen LogP contribution >= 0.6 is 0 Å². The minimum absolute atomic E-state index is 0.0687. The molecule has 2 aromatic heterocycles. The monoisotopic (exact) mass is 328 g/mol. The van der Waals surface area contributed by atoms with Crippen LogP contribution in [-0.4, -0.2) is 52.2 Å². The van der Waals surface area contributed by atoms with E-state index in [-0.39, 0.29) is 5.91 Å². The van der Waals surface area contributed by atoms with Crippen molar-refractivity contribution in [2.24, 2.45) is 17.8 Å². The number of hydrogen-bond donors (Lipinski definition) is 0. The van der Waals surface area contributed by atoms with E-state index in [1.807, 2.05) is 11.8 Å². The summed E-state index contributed by atoms with van der Waals surface area (Å²) in [7, 11) is 0. The molecule has 0 aromatic carbocycles. The fraction of sp³-hybridized carbons (Fsp3) is 0.529. The van der Waals surface area contributed by atoms with Gasteiger partial charge in [0, 0.05) is 43.4 Å². The van der Waals surface area contributed by atoms with Crippen molar-refractivity contribution < 1.29 is 14.1 Å². The number of rotatable bonds is 3. The van der Waals surface area contributed by atoms with Gasteiger partial charge in [0.05, 0.1) is 13.2 Å². The van der Waals surface area contributed by atoms with Crippen LogP contribution in [0.15, 0.2) is 29.0 Å². The average Bonchev–Trinajstić information content (AvgIpc) is 3.22. The molecular weight excluding hydrogens is 308 g/mol. The molecule has 4 heterocycles. The molecule has 2 fully saturated rings. The molecule has 1 amide bonds. The summed E-state index contributed by atoms with van der Waals surface area (Å²) in [4.78, 5) is 22.9. The Morgan fingerprint density at radius 1 is 1.29 bits per heavy atom. The Labute approximate surface area is 140 Å². The Kier molecular flexibility index (Phi) is 4.02. The number of likely N-dealkylation sites (tertiary alicyclic amines) is 1. The molecule has 0 aliphatic carbocycles. The molecule has 0 radical (unpaired) electrons. The molecular formula is C17H20N4O3. The summed E-state index contributed by atoms with van der Waals surface area (Å²) in [5, 5.41) is 3.85. The fourth-order valence-corrected chi connectivity index (χ4v) is 3.80. The second-order valence-corrected chi connectivity index (χ2v) is 6.61. The molecule has 0 spiro atoms. The molecule has 2 aliphatic rings. The lowest BCUT2D eigenvalue weighted by Crippen LogP contribution is -2.36. The van der Waals surface area contributed by atoms with Gasteiger partial charge < -0.3 is 14.2 Å². The second-order valence-electron chi connectivity index (χ2n) is 6.61. The van der Waals surface area contributed by atoms with Gasteiger partial charge in [0.15, 0.2) is 5.82 Å². The van der Waals surface area contributed by atoms with Crippen molar-refractivity contribution in [3.63, 3.8) is 0 Å². The van der Waals surface area contributed by atoms with Crippen LogP contribution in [-0.2, 0) is 11.2 Å². The molecule has 0 saturated carbocycles. The van der Waals surface area contributed by atoms with Crippen LogP contribution in [0.3, 0.4) is 0 Å². The highest BCUT2D eigenvalue weighted by Crippen LogP contribution is 2.36. The Balaban J connectivity index is 1.47. The highest BCUT2D eigenvalue weighted by atomic mass is 16.5. The van der Waals surface area contributed by atoms with Crippen molar-refractivity contribution in [3.8, 4) is 0 Å². The van der Waals surface area contributed by atoms with Crippen molar-refractivity contribution in [3.05, 3.63) is 41.8 Å². The topological polar surface area (TPSA) is 81.4 Å². The smallest absolute Gasteiger partial charge is 0.253 e. The first kappa shape index (κ1) is 15.3. The van der Waals surface area contributed by atoms with Crippen LogP contribution < -0.4 is 0 Å². The molecule has 126 valence electrons. The molecule has 0 N–H and O–H groups in total. The standard InChI is InChI=1S/C17H20N4O3/c1-11-19-16(24-20-11)6-13-9-23-10-14-7-21(8-15(13)14)17(22)12-2-4-18-5-3-12/h2-5,13-15H,6-10H2,1H3/t13-,14-,15+/m1/s1. The number of aryl methyl sites for hydroxylation is 1. The molecule has 7 heteroatoms. The number of carbonyl (C=O) groups excluding carboxylic acids is 1. The minimum atomic E-state index is 0.0687. The lowest BCUT2D eigenvalue weighted by atomic mass is 9.81. The lowest BCUT2D eigenvalue weighted by Gasteiger charge is -2.31. The number of pyridine rings is 1. The number of amides is 1. The lowest BCUT2D eigenvalue weighted by molar-refractivity contribution is -0.0110. The van der Waals surface area contributed by atoms with E-state index in [9.17, 15) is 4.79 Å². The van der Waals surface area contributed by atoms with Crippen molar-refractivity contribution >= 4 is 5.91 Å². The van der Waals surface area contributed by atoms with Crippen molar-refractivity contribution in [2.75, 3.05) is 26.3 Å². The predicted octanol–water partition coefficient (Wildman–Crippen LogP) is 1.35. The maximum absolute atomic E-state index is 12.7. The van der Waals surface area contributed by atoms with Crippen molar-refractivity contribution in [2.45, 2.75) is 13.3 Å². The number of fused-ring (bicyclic) bond motifs is 1. The van der Waals surface area contributed by atoms with Crippen molar-refractivity contribution in [1.29, 1.82) is 0 Å². The van der Waals surface area contributed by atoms with Gasteiger partial charge in [-0.3, -0.25) is 9.78 Å². The molecule has 0 unspecified atom stereocenters. The average molecular weight is 328 g/mol. The van der Waals surface area contributed by atoms with Crippen LogP contribution in [0.5, 0.6) is 0 Å². The second kappa shape index (κ2) is 6.32. The highest BCUT2D eigenvalue weighted by Gasteiger charge is 2.43. The summed E-state index contributed by atoms with van der Waals surface area (Å²) >= 11 is 0. The number of aromatic nitrogens is 3. The SMILES string of the molecule is Cc1noc(C[C@@H]2COC[C@H]3CN(C(=O)c4ccncc4)C[C@@H]23)n1. The van der Waals surface area contributed by atoms with Gasteiger partial charge in [-0.25, -0.2) is 0 Å². The zero-order valence-electron chi connectivity index (χ0n) is 13.6. The first-order chi connectivity index (χ1) is 11.7. The summed E-state index contributed by atoms with van der Waals surface area (Å²) in [6.07, 6.45) is 4.01. The normalized spacial score (nSPS) is 26.4. The van der Waals surface area contributed by atoms with Crippen molar-refractivity contribution in [1.82, 2.24) is 20.0 Å². The van der Waals surface area contributed by atoms with Gasteiger partial charge >= 0.3 is 0 Å². The Hall–Kier alpha value is -2.28. The summed E-state index contributed by atoms with van der Waals surface area (Å²) in [5.41, 5.74) is 0.689. The van der Waals surface area contributed by atoms with E-state index in [4.69, 9.17) is 9.26 Å². The maximum Gasteiger partial charge on any atom is 0.253 e. The quantitative estimate of drug-likeness (QED) is 0.846. The van der Waals surface area contributed by atoms with Crippen LogP contribution in [0.2, 0.25) is 0 Å². The summed E-state index contributed by atoms with van der Waals surface area (Å²) in [5.74, 6) is 2.47. The van der Waals surface area contributed by atoms with Gasteiger partial charge in [0.1, 0.15) is 0 Å². The fourth-order valence-electron chi connectivity index (χ4n) is 3.80. The predicted molar refractivity (Wildman–Crippen MR) is 84.2 cm³/mol. The van der Waals surface area contributed by atoms with E-state index in [0.29, 0.717) is 54.7 Å². The van der Waals surface area contributed by atoms with Crippen LogP contribution in [0, 0.1) is 24.7 Å². The number of ether oxygens (including phenoxy) is 1. The third-order valence-corrected chi connectivity index (χ3v) is 4.98. The van der Waals surface area contributed by atoms with E-state index >= 15 is 0 Å². The van der Waals surface area contributed by atoms with Gasteiger partial charge in [-0.15, -0.1) is 0 Å². The van der Waals surface area contributed by atoms with E-state index < -0.39 is 0 Å².